The zero-order valence-corrected chi connectivity index (χ0v) is 12.7. The molecule has 2 atom stereocenters. The first kappa shape index (κ1) is 14.4. The van der Waals surface area contributed by atoms with Crippen LogP contribution >= 0.6 is 0 Å². The summed E-state index contributed by atoms with van der Waals surface area (Å²) in [4.78, 5) is 11.3. The van der Waals surface area contributed by atoms with E-state index >= 15 is 0 Å². The number of hydrogen-bond acceptors (Lipinski definition) is 3. The molecule has 0 radical (unpaired) electrons. The highest BCUT2D eigenvalue weighted by Gasteiger charge is 2.31. The zero-order valence-electron chi connectivity index (χ0n) is 12.7. The quantitative estimate of drug-likeness (QED) is 0.766. The minimum atomic E-state index is -0.178. The molecule has 0 N–H and O–H groups in total. The summed E-state index contributed by atoms with van der Waals surface area (Å²) in [6, 6.07) is 8.26. The standard InChI is InChI=1S/C18H24O3/c1-13(19)21-18-9-5-3-7-16(18)15-6-2-4-8-17(15)20-12-14-10-11-14/h2,4,6,8,14,16,18H,3,5,7,9-12H2,1H3. The van der Waals surface area contributed by atoms with Gasteiger partial charge in [0.2, 0.25) is 0 Å². The van der Waals surface area contributed by atoms with E-state index in [2.05, 4.69) is 18.2 Å². The largest absolute Gasteiger partial charge is 0.493 e. The third-order valence-electron chi connectivity index (χ3n) is 4.51. The summed E-state index contributed by atoms with van der Waals surface area (Å²) in [7, 11) is 0. The summed E-state index contributed by atoms with van der Waals surface area (Å²) >= 11 is 0. The molecule has 0 spiro atoms. The normalized spacial score (nSPS) is 25.4. The highest BCUT2D eigenvalue weighted by molar-refractivity contribution is 5.66. The first-order chi connectivity index (χ1) is 10.2. The maximum Gasteiger partial charge on any atom is 0.302 e. The SMILES string of the molecule is CC(=O)OC1CCCCC1c1ccccc1OCC1CC1. The second-order valence-corrected chi connectivity index (χ2v) is 6.33. The summed E-state index contributed by atoms with van der Waals surface area (Å²) in [6.45, 7) is 2.32. The van der Waals surface area contributed by atoms with E-state index in [-0.39, 0.29) is 18.0 Å². The van der Waals surface area contributed by atoms with Crippen LogP contribution in [0.15, 0.2) is 24.3 Å². The molecule has 0 saturated heterocycles. The van der Waals surface area contributed by atoms with Gasteiger partial charge in [0.05, 0.1) is 6.61 Å². The van der Waals surface area contributed by atoms with Gasteiger partial charge in [-0.25, -0.2) is 0 Å². The number of esters is 1. The van der Waals surface area contributed by atoms with E-state index in [9.17, 15) is 4.79 Å². The topological polar surface area (TPSA) is 35.5 Å². The van der Waals surface area contributed by atoms with E-state index in [0.29, 0.717) is 0 Å². The average Bonchev–Trinajstić information content (AvgIpc) is 3.30. The van der Waals surface area contributed by atoms with Gasteiger partial charge in [-0.05, 0) is 44.1 Å². The fourth-order valence-electron chi connectivity index (χ4n) is 3.22. The Morgan fingerprint density at radius 2 is 1.90 bits per heavy atom. The maximum absolute atomic E-state index is 11.3. The molecule has 1 aromatic rings. The lowest BCUT2D eigenvalue weighted by atomic mass is 9.81. The number of carbonyl (C=O) groups excluding carboxylic acids is 1. The van der Waals surface area contributed by atoms with Crippen molar-refractivity contribution in [2.75, 3.05) is 6.61 Å². The van der Waals surface area contributed by atoms with E-state index in [1.54, 1.807) is 0 Å². The Morgan fingerprint density at radius 3 is 2.67 bits per heavy atom. The number of rotatable bonds is 5. The minimum absolute atomic E-state index is 0.00178. The van der Waals surface area contributed by atoms with Crippen molar-refractivity contribution in [2.45, 2.75) is 57.5 Å². The highest BCUT2D eigenvalue weighted by atomic mass is 16.5. The lowest BCUT2D eigenvalue weighted by Crippen LogP contribution is -2.28. The molecule has 0 bridgehead atoms. The predicted molar refractivity (Wildman–Crippen MR) is 81.4 cm³/mol. The van der Waals surface area contributed by atoms with Crippen molar-refractivity contribution in [1.29, 1.82) is 0 Å². The third kappa shape index (κ3) is 3.78. The van der Waals surface area contributed by atoms with E-state index in [1.165, 1.54) is 31.7 Å². The van der Waals surface area contributed by atoms with Crippen LogP contribution in [0.4, 0.5) is 0 Å². The van der Waals surface area contributed by atoms with Crippen LogP contribution in [0, 0.1) is 5.92 Å². The van der Waals surface area contributed by atoms with Crippen LogP contribution in [0.25, 0.3) is 0 Å². The van der Waals surface area contributed by atoms with Crippen LogP contribution in [-0.2, 0) is 9.53 Å². The Hall–Kier alpha value is -1.51. The van der Waals surface area contributed by atoms with E-state index in [1.807, 2.05) is 6.07 Å². The molecule has 3 heteroatoms. The van der Waals surface area contributed by atoms with Gasteiger partial charge in [-0.15, -0.1) is 0 Å². The van der Waals surface area contributed by atoms with Crippen molar-refractivity contribution in [3.8, 4) is 5.75 Å². The number of hydrogen-bond donors (Lipinski definition) is 0. The van der Waals surface area contributed by atoms with Gasteiger partial charge in [0.15, 0.2) is 0 Å². The third-order valence-corrected chi connectivity index (χ3v) is 4.51. The molecule has 0 aliphatic heterocycles. The molecule has 2 aliphatic carbocycles. The number of benzene rings is 1. The van der Waals surface area contributed by atoms with Crippen molar-refractivity contribution in [2.24, 2.45) is 5.92 Å². The Balaban J connectivity index is 1.77. The smallest absolute Gasteiger partial charge is 0.302 e. The summed E-state index contributed by atoms with van der Waals surface area (Å²) in [5.74, 6) is 1.82. The van der Waals surface area contributed by atoms with Crippen molar-refractivity contribution in [3.05, 3.63) is 29.8 Å². The average molecular weight is 288 g/mol. The van der Waals surface area contributed by atoms with Gasteiger partial charge in [-0.1, -0.05) is 24.6 Å². The van der Waals surface area contributed by atoms with Gasteiger partial charge >= 0.3 is 5.97 Å². The Labute approximate surface area is 126 Å². The predicted octanol–water partition coefficient (Wildman–Crippen LogP) is 4.06. The second-order valence-electron chi connectivity index (χ2n) is 6.33. The van der Waals surface area contributed by atoms with Gasteiger partial charge in [-0.3, -0.25) is 4.79 Å². The van der Waals surface area contributed by atoms with Crippen LogP contribution in [-0.4, -0.2) is 18.7 Å². The molecule has 114 valence electrons. The summed E-state index contributed by atoms with van der Waals surface area (Å²) in [6.07, 6.45) is 6.95. The summed E-state index contributed by atoms with van der Waals surface area (Å²) < 4.78 is 11.6. The van der Waals surface area contributed by atoms with Gasteiger partial charge in [0.1, 0.15) is 11.9 Å². The van der Waals surface area contributed by atoms with E-state index < -0.39 is 0 Å². The van der Waals surface area contributed by atoms with Gasteiger partial charge < -0.3 is 9.47 Å². The maximum atomic E-state index is 11.3. The van der Waals surface area contributed by atoms with Gasteiger partial charge in [-0.2, -0.15) is 0 Å². The molecule has 3 rings (SSSR count). The van der Waals surface area contributed by atoms with Crippen LogP contribution in [0.1, 0.15) is 56.9 Å². The monoisotopic (exact) mass is 288 g/mol. The molecule has 1 aromatic carbocycles. The zero-order chi connectivity index (χ0) is 14.7. The molecule has 21 heavy (non-hydrogen) atoms. The minimum Gasteiger partial charge on any atom is -0.493 e. The Bertz CT molecular complexity index is 493. The van der Waals surface area contributed by atoms with Crippen molar-refractivity contribution in [1.82, 2.24) is 0 Å². The van der Waals surface area contributed by atoms with Crippen LogP contribution < -0.4 is 4.74 Å². The van der Waals surface area contributed by atoms with Crippen molar-refractivity contribution >= 4 is 5.97 Å². The van der Waals surface area contributed by atoms with Crippen LogP contribution in [0.5, 0.6) is 5.75 Å². The molecule has 2 fully saturated rings. The lowest BCUT2D eigenvalue weighted by Gasteiger charge is -2.32. The van der Waals surface area contributed by atoms with E-state index in [4.69, 9.17) is 9.47 Å². The second kappa shape index (κ2) is 6.50. The number of carbonyl (C=O) groups is 1. The van der Waals surface area contributed by atoms with Crippen molar-refractivity contribution < 1.29 is 14.3 Å². The van der Waals surface area contributed by atoms with Crippen LogP contribution in [0.3, 0.4) is 0 Å². The fraction of sp³-hybridized carbons (Fsp3) is 0.611. The van der Waals surface area contributed by atoms with Gasteiger partial charge in [0.25, 0.3) is 0 Å². The molecule has 2 saturated carbocycles. The molecule has 2 unspecified atom stereocenters. The summed E-state index contributed by atoms with van der Waals surface area (Å²) in [5.41, 5.74) is 1.21. The number of para-hydroxylation sites is 1. The fourth-order valence-corrected chi connectivity index (χ4v) is 3.22. The molecule has 0 aromatic heterocycles. The first-order valence-electron chi connectivity index (χ1n) is 8.13. The van der Waals surface area contributed by atoms with Crippen LogP contribution in [0.2, 0.25) is 0 Å². The molecule has 0 amide bonds. The molecule has 2 aliphatic rings. The van der Waals surface area contributed by atoms with Gasteiger partial charge in [0, 0.05) is 18.4 Å². The molecular weight excluding hydrogens is 264 g/mol. The Kier molecular flexibility index (Phi) is 4.47. The van der Waals surface area contributed by atoms with Crippen molar-refractivity contribution in [3.63, 3.8) is 0 Å². The summed E-state index contributed by atoms with van der Waals surface area (Å²) in [5, 5.41) is 0. The highest BCUT2D eigenvalue weighted by Crippen LogP contribution is 2.40. The lowest BCUT2D eigenvalue weighted by molar-refractivity contribution is -0.148. The Morgan fingerprint density at radius 1 is 1.14 bits per heavy atom. The molecule has 3 nitrogen and oxygen atoms in total. The molecular formula is C18H24O3. The number of ether oxygens (including phenoxy) is 2. The molecule has 0 heterocycles. The van der Waals surface area contributed by atoms with E-state index in [0.717, 1.165) is 37.5 Å². The first-order valence-corrected chi connectivity index (χ1v) is 8.13.